The molecule has 0 bridgehead atoms. The Hall–Kier alpha value is -6.06. The first kappa shape index (κ1) is 38.5. The van der Waals surface area contributed by atoms with Crippen LogP contribution < -0.4 is 25.0 Å². The first-order valence-electron chi connectivity index (χ1n) is 20.5. The van der Waals surface area contributed by atoms with Gasteiger partial charge in [-0.2, -0.15) is 0 Å². The van der Waals surface area contributed by atoms with Gasteiger partial charge in [0.15, 0.2) is 0 Å². The molecule has 3 aliphatic rings. The molecule has 15 heteroatoms. The average molecular weight is 800 g/mol. The highest BCUT2D eigenvalue weighted by Gasteiger charge is 2.27. The molecule has 0 spiro atoms. The zero-order chi connectivity index (χ0) is 40.5. The summed E-state index contributed by atoms with van der Waals surface area (Å²) in [4.78, 5) is 48.6. The van der Waals surface area contributed by atoms with E-state index in [-0.39, 0.29) is 35.7 Å². The Morgan fingerprint density at radius 2 is 1.34 bits per heavy atom. The first-order chi connectivity index (χ1) is 28.8. The van der Waals surface area contributed by atoms with Crippen LogP contribution in [0.5, 0.6) is 11.5 Å². The van der Waals surface area contributed by atoms with E-state index in [9.17, 15) is 9.59 Å². The van der Waals surface area contributed by atoms with Crippen LogP contribution in [0.2, 0.25) is 0 Å². The number of pyridine rings is 4. The molecule has 2 saturated heterocycles. The molecule has 9 rings (SSSR count). The lowest BCUT2D eigenvalue weighted by Crippen LogP contribution is -2.18. The van der Waals surface area contributed by atoms with Crippen LogP contribution in [0.4, 0.5) is 17.2 Å². The lowest BCUT2D eigenvalue weighted by atomic mass is 9.97. The van der Waals surface area contributed by atoms with Crippen molar-refractivity contribution < 1.29 is 28.5 Å². The zero-order valence-electron chi connectivity index (χ0n) is 33.6. The molecule has 6 aromatic heterocycles. The van der Waals surface area contributed by atoms with Crippen molar-refractivity contribution >= 4 is 40.3 Å². The molecule has 1 atom stereocenters. The number of carbonyl (C=O) groups excluding carboxylic acids is 2. The van der Waals surface area contributed by atoms with Crippen molar-refractivity contribution in [2.45, 2.75) is 63.2 Å². The molecule has 1 aliphatic carbocycles. The summed E-state index contributed by atoms with van der Waals surface area (Å²) in [6.45, 7) is 5.19. The smallest absolute Gasteiger partial charge is 0.274 e. The molecule has 1 unspecified atom stereocenters. The molecule has 1 saturated carbocycles. The van der Waals surface area contributed by atoms with Gasteiger partial charge in [-0.3, -0.25) is 9.59 Å². The van der Waals surface area contributed by atoms with E-state index in [1.54, 1.807) is 6.07 Å². The number of aromatic nitrogens is 6. The van der Waals surface area contributed by atoms with Crippen molar-refractivity contribution in [1.82, 2.24) is 28.7 Å². The minimum absolute atomic E-state index is 0.0683. The van der Waals surface area contributed by atoms with Gasteiger partial charge in [0.1, 0.15) is 51.4 Å². The normalized spacial score (nSPS) is 17.0. The van der Waals surface area contributed by atoms with E-state index in [2.05, 4.69) is 15.6 Å². The van der Waals surface area contributed by atoms with Crippen LogP contribution in [0, 0.1) is 0 Å². The molecular formula is C44H49N9O6. The summed E-state index contributed by atoms with van der Waals surface area (Å²) in [5.41, 5.74) is 6.81. The highest BCUT2D eigenvalue weighted by Crippen LogP contribution is 2.40. The fourth-order valence-electron chi connectivity index (χ4n) is 7.72. The van der Waals surface area contributed by atoms with Crippen molar-refractivity contribution in [1.29, 1.82) is 0 Å². The maximum absolute atomic E-state index is 14.0. The fraction of sp³-hybridized carbons (Fsp3) is 0.409. The Balaban J connectivity index is 0.977. The Bertz CT molecular complexity index is 2500. The second-order valence-corrected chi connectivity index (χ2v) is 15.7. The molecule has 2 N–H and O–H groups in total. The predicted octanol–water partition coefficient (Wildman–Crippen LogP) is 6.64. The van der Waals surface area contributed by atoms with Crippen LogP contribution in [0.1, 0.15) is 100 Å². The molecule has 306 valence electrons. The van der Waals surface area contributed by atoms with Crippen molar-refractivity contribution in [3.05, 3.63) is 101 Å². The second kappa shape index (κ2) is 16.7. The second-order valence-electron chi connectivity index (χ2n) is 15.7. The minimum Gasteiger partial charge on any atom is -0.491 e. The maximum Gasteiger partial charge on any atom is 0.274 e. The number of imidazole rings is 2. The van der Waals surface area contributed by atoms with E-state index in [1.807, 2.05) is 95.9 Å². The summed E-state index contributed by atoms with van der Waals surface area (Å²) < 4.78 is 27.6. The third-order valence-electron chi connectivity index (χ3n) is 11.1. The van der Waals surface area contributed by atoms with E-state index >= 15 is 0 Å². The van der Waals surface area contributed by atoms with Gasteiger partial charge in [0, 0.05) is 101 Å². The summed E-state index contributed by atoms with van der Waals surface area (Å²) in [5.74, 6) is 1.84. The number of ether oxygens (including phenoxy) is 4. The number of fused-ring (bicyclic) bond motifs is 2. The molecule has 0 radical (unpaired) electrons. The van der Waals surface area contributed by atoms with E-state index in [0.717, 1.165) is 60.4 Å². The summed E-state index contributed by atoms with van der Waals surface area (Å²) in [5, 5.41) is 6.12. The van der Waals surface area contributed by atoms with Crippen molar-refractivity contribution in [3.63, 3.8) is 0 Å². The monoisotopic (exact) mass is 799 g/mol. The van der Waals surface area contributed by atoms with Gasteiger partial charge in [0.2, 0.25) is 0 Å². The molecule has 8 heterocycles. The van der Waals surface area contributed by atoms with Crippen molar-refractivity contribution in [2.24, 2.45) is 0 Å². The third-order valence-corrected chi connectivity index (χ3v) is 11.1. The van der Waals surface area contributed by atoms with Gasteiger partial charge in [0.25, 0.3) is 11.8 Å². The standard InChI is InChI=1S/C44H49N9O6/c1-4-58-38-20-41-47-34(28-8-9-28)22-52(41)24-36(38)50-44(55)33-19-27(18-32(45-33)30-13-16-57-26-30)10-17-59-39-21-42-48-35(29-11-14-56-15-12-29)23-53(42)25-37(39)49-43(54)31-6-5-7-40(46-31)51(2)3/h5-7,18-25,28-30H,4,8-17,26H2,1-3H3,(H,49,54)(H,50,55). The van der Waals surface area contributed by atoms with Gasteiger partial charge in [-0.1, -0.05) is 6.07 Å². The largest absolute Gasteiger partial charge is 0.491 e. The van der Waals surface area contributed by atoms with Gasteiger partial charge in [0.05, 0.1) is 31.2 Å². The number of amides is 2. The van der Waals surface area contributed by atoms with Gasteiger partial charge in [-0.25, -0.2) is 19.9 Å². The Morgan fingerprint density at radius 3 is 1.97 bits per heavy atom. The molecule has 6 aromatic rings. The van der Waals surface area contributed by atoms with Crippen LogP contribution >= 0.6 is 0 Å². The van der Waals surface area contributed by atoms with E-state index in [4.69, 9.17) is 33.9 Å². The number of nitrogens with one attached hydrogen (secondary N) is 2. The lowest BCUT2D eigenvalue weighted by Gasteiger charge is -2.19. The topological polar surface area (TPSA) is 159 Å². The van der Waals surface area contributed by atoms with Crippen LogP contribution in [-0.2, 0) is 15.9 Å². The molecule has 0 aromatic carbocycles. The van der Waals surface area contributed by atoms with Crippen LogP contribution in [0.15, 0.2) is 67.3 Å². The van der Waals surface area contributed by atoms with Crippen molar-refractivity contribution in [3.8, 4) is 11.5 Å². The lowest BCUT2D eigenvalue weighted by molar-refractivity contribution is 0.0846. The Labute approximate surface area is 342 Å². The number of rotatable bonds is 14. The Morgan fingerprint density at radius 1 is 0.712 bits per heavy atom. The summed E-state index contributed by atoms with van der Waals surface area (Å²) in [6.07, 6.45) is 13.1. The maximum atomic E-state index is 14.0. The molecular weight excluding hydrogens is 751 g/mol. The molecule has 3 fully saturated rings. The number of anilines is 3. The van der Waals surface area contributed by atoms with Crippen LogP contribution in [0.3, 0.4) is 0 Å². The van der Waals surface area contributed by atoms with E-state index < -0.39 is 0 Å². The van der Waals surface area contributed by atoms with Crippen molar-refractivity contribution in [2.75, 3.05) is 69.3 Å². The molecule has 15 nitrogen and oxygen atoms in total. The van der Waals surface area contributed by atoms with Gasteiger partial charge < -0.3 is 43.3 Å². The number of hydrogen-bond acceptors (Lipinski definition) is 11. The Kier molecular flexibility index (Phi) is 10.9. The number of carbonyl (C=O) groups is 2. The van der Waals surface area contributed by atoms with E-state index in [0.29, 0.717) is 85.6 Å². The van der Waals surface area contributed by atoms with Gasteiger partial charge in [-0.05, 0) is 68.9 Å². The molecule has 2 aliphatic heterocycles. The van der Waals surface area contributed by atoms with Gasteiger partial charge >= 0.3 is 0 Å². The SMILES string of the molecule is CCOc1cc2nc(C3CC3)cn2cc1NC(=O)c1cc(CCOc2cc3nc(C4CCOCC4)cn3cc2NC(=O)c2cccc(N(C)C)n2)cc(C2CCOC2)n1. The number of nitrogens with zero attached hydrogens (tertiary/aromatic N) is 7. The first-order valence-corrected chi connectivity index (χ1v) is 20.5. The summed E-state index contributed by atoms with van der Waals surface area (Å²) in [6, 6.07) is 12.9. The fourth-order valence-corrected chi connectivity index (χ4v) is 7.72. The average Bonchev–Trinajstić information content (AvgIpc) is 3.57. The van der Waals surface area contributed by atoms with Gasteiger partial charge in [-0.15, -0.1) is 0 Å². The summed E-state index contributed by atoms with van der Waals surface area (Å²) in [7, 11) is 3.76. The van der Waals surface area contributed by atoms with Crippen LogP contribution in [0.25, 0.3) is 11.3 Å². The highest BCUT2D eigenvalue weighted by molar-refractivity contribution is 6.04. The van der Waals surface area contributed by atoms with Crippen LogP contribution in [-0.4, -0.2) is 94.3 Å². The molecule has 2 amide bonds. The number of hydrogen-bond donors (Lipinski definition) is 2. The third kappa shape index (κ3) is 8.57. The quantitative estimate of drug-likeness (QED) is 0.122. The highest BCUT2D eigenvalue weighted by atomic mass is 16.5. The predicted molar refractivity (Wildman–Crippen MR) is 222 cm³/mol. The van der Waals surface area contributed by atoms with E-state index in [1.165, 1.54) is 0 Å². The summed E-state index contributed by atoms with van der Waals surface area (Å²) >= 11 is 0. The zero-order valence-corrected chi connectivity index (χ0v) is 33.6. The molecule has 59 heavy (non-hydrogen) atoms. The minimum atomic E-state index is -0.362.